The second-order valence-corrected chi connectivity index (χ2v) is 8.39. The van der Waals surface area contributed by atoms with Crippen LogP contribution in [-0.4, -0.2) is 35.9 Å². The average Bonchev–Trinajstić information content (AvgIpc) is 3.28. The molecule has 1 N–H and O–H groups in total. The molecule has 0 radical (unpaired) electrons. The summed E-state index contributed by atoms with van der Waals surface area (Å²) in [6.45, 7) is 4.38. The van der Waals surface area contributed by atoms with Crippen LogP contribution >= 0.6 is 0 Å². The molecule has 0 saturated heterocycles. The number of aryl methyl sites for hydroxylation is 1. The van der Waals surface area contributed by atoms with Crippen LogP contribution in [0, 0.1) is 6.92 Å². The molecular formula is C26H34N2O3. The third kappa shape index (κ3) is 6.09. The first kappa shape index (κ1) is 22.9. The molecule has 1 saturated carbocycles. The summed E-state index contributed by atoms with van der Waals surface area (Å²) in [5.74, 6) is 0.701. The van der Waals surface area contributed by atoms with E-state index in [2.05, 4.69) is 5.32 Å². The minimum absolute atomic E-state index is 0.0291. The standard InChI is InChI=1S/C26H34N2O3/c1-4-24(26(30)27-22-11-7-8-12-22)28(18-20-13-15-23(31-3)16-14-20)25(29)17-21-10-6-5-9-19(21)2/h5-6,9-10,13-16,22,24H,4,7-8,11-12,17-18H2,1-3H3,(H,27,30). The smallest absolute Gasteiger partial charge is 0.243 e. The van der Waals surface area contributed by atoms with Crippen LogP contribution in [0.25, 0.3) is 0 Å². The van der Waals surface area contributed by atoms with Crippen LogP contribution < -0.4 is 10.1 Å². The molecule has 0 bridgehead atoms. The summed E-state index contributed by atoms with van der Waals surface area (Å²) < 4.78 is 5.25. The number of ether oxygens (including phenoxy) is 1. The molecule has 2 aromatic rings. The number of methoxy groups -OCH3 is 1. The van der Waals surface area contributed by atoms with E-state index in [1.54, 1.807) is 12.0 Å². The number of nitrogens with zero attached hydrogens (tertiary/aromatic N) is 1. The van der Waals surface area contributed by atoms with Crippen LogP contribution in [0.4, 0.5) is 0 Å². The van der Waals surface area contributed by atoms with E-state index in [-0.39, 0.29) is 24.3 Å². The van der Waals surface area contributed by atoms with Gasteiger partial charge >= 0.3 is 0 Å². The first-order valence-corrected chi connectivity index (χ1v) is 11.3. The van der Waals surface area contributed by atoms with Crippen molar-refractivity contribution in [2.75, 3.05) is 7.11 Å². The third-order valence-electron chi connectivity index (χ3n) is 6.20. The van der Waals surface area contributed by atoms with E-state index in [1.807, 2.05) is 62.4 Å². The molecule has 0 aliphatic heterocycles. The van der Waals surface area contributed by atoms with E-state index in [9.17, 15) is 9.59 Å². The minimum Gasteiger partial charge on any atom is -0.497 e. The largest absolute Gasteiger partial charge is 0.497 e. The maximum atomic E-state index is 13.5. The maximum absolute atomic E-state index is 13.5. The molecule has 1 aliphatic rings. The summed E-state index contributed by atoms with van der Waals surface area (Å²) in [4.78, 5) is 28.4. The summed E-state index contributed by atoms with van der Waals surface area (Å²) in [6.07, 6.45) is 5.23. The van der Waals surface area contributed by atoms with Crippen molar-refractivity contribution in [2.24, 2.45) is 0 Å². The molecular weight excluding hydrogens is 388 g/mol. The van der Waals surface area contributed by atoms with Crippen molar-refractivity contribution in [3.63, 3.8) is 0 Å². The Morgan fingerprint density at radius 3 is 2.39 bits per heavy atom. The predicted octanol–water partition coefficient (Wildman–Crippen LogP) is 4.41. The SMILES string of the molecule is CCC(C(=O)NC1CCCC1)N(Cc1ccc(OC)cc1)C(=O)Cc1ccccc1C. The van der Waals surface area contributed by atoms with Gasteiger partial charge in [0.15, 0.2) is 0 Å². The highest BCUT2D eigenvalue weighted by atomic mass is 16.5. The van der Waals surface area contributed by atoms with E-state index in [1.165, 1.54) is 0 Å². The quantitative estimate of drug-likeness (QED) is 0.651. The van der Waals surface area contributed by atoms with Gasteiger partial charge in [0.25, 0.3) is 0 Å². The van der Waals surface area contributed by atoms with Gasteiger partial charge in [0.2, 0.25) is 11.8 Å². The Labute approximate surface area is 185 Å². The fourth-order valence-electron chi connectivity index (χ4n) is 4.29. The number of amides is 2. The van der Waals surface area contributed by atoms with Gasteiger partial charge < -0.3 is 15.0 Å². The molecule has 3 rings (SSSR count). The van der Waals surface area contributed by atoms with Crippen molar-refractivity contribution in [1.29, 1.82) is 0 Å². The average molecular weight is 423 g/mol. The summed E-state index contributed by atoms with van der Waals surface area (Å²) in [7, 11) is 1.63. The molecule has 31 heavy (non-hydrogen) atoms. The van der Waals surface area contributed by atoms with Gasteiger partial charge in [0, 0.05) is 12.6 Å². The molecule has 1 aliphatic carbocycles. The number of benzene rings is 2. The van der Waals surface area contributed by atoms with Crippen molar-refractivity contribution in [1.82, 2.24) is 10.2 Å². The Bertz CT molecular complexity index is 872. The molecule has 0 aromatic heterocycles. The van der Waals surface area contributed by atoms with Gasteiger partial charge in [-0.25, -0.2) is 0 Å². The van der Waals surface area contributed by atoms with Gasteiger partial charge in [-0.15, -0.1) is 0 Å². The Morgan fingerprint density at radius 2 is 1.77 bits per heavy atom. The van der Waals surface area contributed by atoms with Crippen LogP contribution in [-0.2, 0) is 22.6 Å². The Morgan fingerprint density at radius 1 is 1.10 bits per heavy atom. The van der Waals surface area contributed by atoms with Crippen molar-refractivity contribution >= 4 is 11.8 Å². The van der Waals surface area contributed by atoms with Gasteiger partial charge in [-0.1, -0.05) is 56.2 Å². The van der Waals surface area contributed by atoms with Gasteiger partial charge in [0.05, 0.1) is 13.5 Å². The number of rotatable bonds is 9. The Balaban J connectivity index is 1.82. The highest BCUT2D eigenvalue weighted by Crippen LogP contribution is 2.21. The molecule has 2 aromatic carbocycles. The fourth-order valence-corrected chi connectivity index (χ4v) is 4.29. The predicted molar refractivity (Wildman–Crippen MR) is 123 cm³/mol. The summed E-state index contributed by atoms with van der Waals surface area (Å²) in [6, 6.07) is 15.4. The van der Waals surface area contributed by atoms with Gasteiger partial charge in [-0.3, -0.25) is 9.59 Å². The van der Waals surface area contributed by atoms with Crippen molar-refractivity contribution in [3.8, 4) is 5.75 Å². The number of carbonyl (C=O) groups excluding carboxylic acids is 2. The van der Waals surface area contributed by atoms with Gasteiger partial charge in [-0.2, -0.15) is 0 Å². The number of carbonyl (C=O) groups is 2. The molecule has 0 spiro atoms. The van der Waals surface area contributed by atoms with Crippen LogP contribution in [0.5, 0.6) is 5.75 Å². The topological polar surface area (TPSA) is 58.6 Å². The van der Waals surface area contributed by atoms with Crippen molar-refractivity contribution in [2.45, 2.75) is 71.0 Å². The number of hydrogen-bond donors (Lipinski definition) is 1. The van der Waals surface area contributed by atoms with E-state index in [0.717, 1.165) is 48.1 Å². The molecule has 1 fully saturated rings. The van der Waals surface area contributed by atoms with Gasteiger partial charge in [0.1, 0.15) is 11.8 Å². The zero-order valence-electron chi connectivity index (χ0n) is 18.9. The monoisotopic (exact) mass is 422 g/mol. The summed E-state index contributed by atoms with van der Waals surface area (Å²) >= 11 is 0. The highest BCUT2D eigenvalue weighted by Gasteiger charge is 2.30. The molecule has 166 valence electrons. The molecule has 5 heteroatoms. The number of nitrogens with one attached hydrogen (secondary N) is 1. The number of hydrogen-bond acceptors (Lipinski definition) is 3. The van der Waals surface area contributed by atoms with E-state index >= 15 is 0 Å². The lowest BCUT2D eigenvalue weighted by molar-refractivity contribution is -0.141. The lowest BCUT2D eigenvalue weighted by Crippen LogP contribution is -2.51. The zero-order chi connectivity index (χ0) is 22.2. The Kier molecular flexibility index (Phi) is 8.10. The third-order valence-corrected chi connectivity index (χ3v) is 6.20. The lowest BCUT2D eigenvalue weighted by atomic mass is 10.0. The second-order valence-electron chi connectivity index (χ2n) is 8.39. The minimum atomic E-state index is -0.487. The lowest BCUT2D eigenvalue weighted by Gasteiger charge is -2.32. The maximum Gasteiger partial charge on any atom is 0.243 e. The molecule has 1 atom stereocenters. The van der Waals surface area contributed by atoms with E-state index in [4.69, 9.17) is 4.74 Å². The zero-order valence-corrected chi connectivity index (χ0v) is 18.9. The highest BCUT2D eigenvalue weighted by molar-refractivity contribution is 5.88. The fraction of sp³-hybridized carbons (Fsp3) is 0.462. The van der Waals surface area contributed by atoms with Crippen LogP contribution in [0.2, 0.25) is 0 Å². The summed E-state index contributed by atoms with van der Waals surface area (Å²) in [5, 5.41) is 3.19. The van der Waals surface area contributed by atoms with E-state index in [0.29, 0.717) is 13.0 Å². The van der Waals surface area contributed by atoms with Crippen LogP contribution in [0.1, 0.15) is 55.7 Å². The first-order chi connectivity index (χ1) is 15.0. The van der Waals surface area contributed by atoms with Crippen molar-refractivity contribution < 1.29 is 14.3 Å². The van der Waals surface area contributed by atoms with Crippen molar-refractivity contribution in [3.05, 3.63) is 65.2 Å². The first-order valence-electron chi connectivity index (χ1n) is 11.3. The summed E-state index contributed by atoms with van der Waals surface area (Å²) in [5.41, 5.74) is 3.06. The van der Waals surface area contributed by atoms with Crippen LogP contribution in [0.3, 0.4) is 0 Å². The Hall–Kier alpha value is -2.82. The molecule has 0 heterocycles. The van der Waals surface area contributed by atoms with E-state index < -0.39 is 6.04 Å². The molecule has 1 unspecified atom stereocenters. The molecule has 5 nitrogen and oxygen atoms in total. The molecule has 2 amide bonds. The second kappa shape index (κ2) is 11.0. The normalized spacial score (nSPS) is 14.8. The van der Waals surface area contributed by atoms with Crippen LogP contribution in [0.15, 0.2) is 48.5 Å². The van der Waals surface area contributed by atoms with Gasteiger partial charge in [-0.05, 0) is 55.0 Å².